The van der Waals surface area contributed by atoms with Gasteiger partial charge in [0.2, 0.25) is 0 Å². The Labute approximate surface area is 239 Å². The minimum Gasteiger partial charge on any atom is -0.459 e. The number of methoxy groups -OCH3 is 3. The number of hydrogen-bond acceptors (Lipinski definition) is 10. The molecular formula is C30H41NO10. The van der Waals surface area contributed by atoms with Crippen LogP contribution in [0.4, 0.5) is 0 Å². The van der Waals surface area contributed by atoms with Gasteiger partial charge >= 0.3 is 11.9 Å². The van der Waals surface area contributed by atoms with Crippen molar-refractivity contribution in [1.82, 2.24) is 4.98 Å². The highest BCUT2D eigenvalue weighted by Crippen LogP contribution is 2.62. The molecule has 12 atom stereocenters. The highest BCUT2D eigenvalue weighted by atomic mass is 16.6. The summed E-state index contributed by atoms with van der Waals surface area (Å²) in [5.74, 6) is -4.16. The lowest BCUT2D eigenvalue weighted by Gasteiger charge is -2.49. The molecule has 1 aromatic rings. The average molecular weight is 576 g/mol. The summed E-state index contributed by atoms with van der Waals surface area (Å²) < 4.78 is 35.2. The Kier molecular flexibility index (Phi) is 8.75. The van der Waals surface area contributed by atoms with Crippen molar-refractivity contribution in [2.24, 2.45) is 35.5 Å². The highest BCUT2D eigenvalue weighted by Gasteiger charge is 2.71. The molecule has 11 heteroatoms. The molecule has 1 unspecified atom stereocenters. The van der Waals surface area contributed by atoms with Crippen LogP contribution in [-0.2, 0) is 33.2 Å². The van der Waals surface area contributed by atoms with Crippen LogP contribution in [0.2, 0.25) is 0 Å². The maximum absolute atomic E-state index is 13.8. The van der Waals surface area contributed by atoms with Gasteiger partial charge in [0, 0.05) is 57.1 Å². The molecule has 5 rings (SSSR count). The van der Waals surface area contributed by atoms with E-state index in [0.29, 0.717) is 5.69 Å². The Morgan fingerprint density at radius 2 is 1.93 bits per heavy atom. The number of carbonyl (C=O) groups is 2. The van der Waals surface area contributed by atoms with Gasteiger partial charge in [-0.15, -0.1) is 0 Å². The first kappa shape index (κ1) is 29.9. The first-order valence-corrected chi connectivity index (χ1v) is 14.1. The number of cyclic esters (lactones) is 1. The van der Waals surface area contributed by atoms with Crippen molar-refractivity contribution < 1.29 is 48.2 Å². The maximum atomic E-state index is 13.8. The quantitative estimate of drug-likeness (QED) is 0.293. The molecule has 2 fully saturated rings. The summed E-state index contributed by atoms with van der Waals surface area (Å²) >= 11 is 0. The molecule has 1 saturated carbocycles. The molecule has 2 aliphatic carbocycles. The minimum absolute atomic E-state index is 0.00681. The lowest BCUT2D eigenvalue weighted by atomic mass is 9.56. The van der Waals surface area contributed by atoms with E-state index in [0.717, 1.165) is 5.57 Å². The van der Waals surface area contributed by atoms with E-state index < -0.39 is 77.6 Å². The number of H-pyrrole nitrogens is 1. The first-order chi connectivity index (χ1) is 19.7. The predicted molar refractivity (Wildman–Crippen MR) is 145 cm³/mol. The third-order valence-corrected chi connectivity index (χ3v) is 9.33. The van der Waals surface area contributed by atoms with Crippen LogP contribution in [-0.4, -0.2) is 104 Å². The fourth-order valence-corrected chi connectivity index (χ4v) is 7.64. The number of aliphatic hydroxyl groups excluding tert-OH is 2. The molecule has 1 spiro atoms. The topological polar surface area (TPSA) is 146 Å². The summed E-state index contributed by atoms with van der Waals surface area (Å²) in [5.41, 5.74) is -0.0284. The Hall–Kier alpha value is -2.54. The van der Waals surface area contributed by atoms with E-state index >= 15 is 0 Å². The molecule has 3 N–H and O–H groups in total. The third-order valence-electron chi connectivity index (χ3n) is 9.33. The molecule has 0 radical (unpaired) electrons. The van der Waals surface area contributed by atoms with E-state index in [-0.39, 0.29) is 25.7 Å². The fraction of sp³-hybridized carbons (Fsp3) is 0.667. The van der Waals surface area contributed by atoms with Crippen LogP contribution in [0, 0.1) is 35.5 Å². The second-order valence-corrected chi connectivity index (χ2v) is 11.6. The molecule has 3 heterocycles. The number of aromatic nitrogens is 1. The van der Waals surface area contributed by atoms with Gasteiger partial charge in [-0.25, -0.2) is 4.79 Å². The molecule has 4 bridgehead atoms. The zero-order valence-corrected chi connectivity index (χ0v) is 24.1. The Morgan fingerprint density at radius 1 is 1.17 bits per heavy atom. The van der Waals surface area contributed by atoms with Gasteiger partial charge in [0.15, 0.2) is 0 Å². The van der Waals surface area contributed by atoms with Crippen LogP contribution < -0.4 is 0 Å². The molecule has 1 saturated heterocycles. The average Bonchev–Trinajstić information content (AvgIpc) is 3.54. The minimum atomic E-state index is -1.12. The number of aromatic amines is 1. The Balaban J connectivity index is 1.61. The van der Waals surface area contributed by atoms with E-state index in [2.05, 4.69) is 4.98 Å². The summed E-state index contributed by atoms with van der Waals surface area (Å²) in [6.45, 7) is 3.97. The number of nitrogens with one attached hydrogen (secondary N) is 1. The largest absolute Gasteiger partial charge is 0.459 e. The zero-order valence-electron chi connectivity index (χ0n) is 24.1. The van der Waals surface area contributed by atoms with Crippen molar-refractivity contribution in [2.45, 2.75) is 50.0 Å². The molecule has 0 aromatic carbocycles. The van der Waals surface area contributed by atoms with Gasteiger partial charge in [0.25, 0.3) is 0 Å². The second kappa shape index (κ2) is 12.0. The summed E-state index contributed by atoms with van der Waals surface area (Å²) in [7, 11) is 4.53. The SMILES string of the molecule is COC[C@@H]1[C@@H](O)[C@@H]2[C@H]3C=C[C@@H]4[C@@H](COC)C(=O)O[C@H]([C@H](O)COC)[C@H](C)/C=C(\C)C24O[C@H]3[C@@H]1OC(=O)c1ccc[nH]1. The highest BCUT2D eigenvalue weighted by molar-refractivity contribution is 5.87. The number of aliphatic hydroxyl groups is 2. The van der Waals surface area contributed by atoms with Gasteiger partial charge in [-0.05, 0) is 24.6 Å². The van der Waals surface area contributed by atoms with Gasteiger partial charge in [0.05, 0.1) is 31.8 Å². The summed E-state index contributed by atoms with van der Waals surface area (Å²) in [4.78, 5) is 29.7. The van der Waals surface area contributed by atoms with Crippen molar-refractivity contribution in [3.8, 4) is 0 Å². The first-order valence-electron chi connectivity index (χ1n) is 14.1. The summed E-state index contributed by atoms with van der Waals surface area (Å²) in [6.07, 6.45) is 3.19. The lowest BCUT2D eigenvalue weighted by molar-refractivity contribution is -0.173. The van der Waals surface area contributed by atoms with E-state index in [4.69, 9.17) is 28.4 Å². The van der Waals surface area contributed by atoms with Crippen molar-refractivity contribution in [3.63, 3.8) is 0 Å². The van der Waals surface area contributed by atoms with E-state index in [1.807, 2.05) is 32.1 Å². The van der Waals surface area contributed by atoms with Crippen molar-refractivity contribution in [1.29, 1.82) is 0 Å². The van der Waals surface area contributed by atoms with Gasteiger partial charge in [0.1, 0.15) is 35.7 Å². The van der Waals surface area contributed by atoms with E-state index in [1.165, 1.54) is 14.2 Å². The molecule has 0 amide bonds. The smallest absolute Gasteiger partial charge is 0.355 e. The van der Waals surface area contributed by atoms with Gasteiger partial charge in [-0.3, -0.25) is 4.79 Å². The summed E-state index contributed by atoms with van der Waals surface area (Å²) in [5, 5.41) is 22.9. The predicted octanol–water partition coefficient (Wildman–Crippen LogP) is 1.51. The van der Waals surface area contributed by atoms with Crippen LogP contribution >= 0.6 is 0 Å². The van der Waals surface area contributed by atoms with Crippen LogP contribution in [0.15, 0.2) is 42.1 Å². The number of ether oxygens (including phenoxy) is 6. The molecule has 11 nitrogen and oxygen atoms in total. The zero-order chi connectivity index (χ0) is 29.5. The van der Waals surface area contributed by atoms with Crippen molar-refractivity contribution in [2.75, 3.05) is 41.2 Å². The van der Waals surface area contributed by atoms with Crippen molar-refractivity contribution in [3.05, 3.63) is 47.8 Å². The monoisotopic (exact) mass is 575 g/mol. The second-order valence-electron chi connectivity index (χ2n) is 11.6. The number of esters is 2. The van der Waals surface area contributed by atoms with Crippen LogP contribution in [0.25, 0.3) is 0 Å². The van der Waals surface area contributed by atoms with Crippen LogP contribution in [0.1, 0.15) is 24.3 Å². The molecule has 226 valence electrons. The number of carbonyl (C=O) groups excluding carboxylic acids is 2. The summed E-state index contributed by atoms with van der Waals surface area (Å²) in [6, 6.07) is 3.33. The molecular weight excluding hydrogens is 534 g/mol. The van der Waals surface area contributed by atoms with E-state index in [9.17, 15) is 19.8 Å². The number of rotatable bonds is 9. The van der Waals surface area contributed by atoms with Gasteiger partial charge < -0.3 is 43.6 Å². The fourth-order valence-electron chi connectivity index (χ4n) is 7.64. The molecule has 2 aliphatic heterocycles. The van der Waals surface area contributed by atoms with Crippen LogP contribution in [0.5, 0.6) is 0 Å². The number of hydrogen-bond donors (Lipinski definition) is 3. The standard InChI is InChI=1S/C30H41NO10/c1-15-11-16(2)30-20(18(12-36-3)28(34)39-25(15)22(32)14-38-5)9-8-17-23(30)24(33)19(13-37-4)26(27(17)41-30)40-29(35)21-7-6-10-31-21/h6-11,15,17-20,22-27,31-33H,12-14H2,1-5H3/b16-11+/t15-,17-,18-,19-,20-,22-,23+,24-,25+,26-,27-,30?/m1/s1. The Morgan fingerprint density at radius 3 is 2.59 bits per heavy atom. The van der Waals surface area contributed by atoms with Crippen LogP contribution in [0.3, 0.4) is 0 Å². The van der Waals surface area contributed by atoms with Crippen molar-refractivity contribution >= 4 is 11.9 Å². The maximum Gasteiger partial charge on any atom is 0.355 e. The molecule has 1 aromatic heterocycles. The molecule has 4 aliphatic rings. The Bertz CT molecular complexity index is 1150. The lowest BCUT2D eigenvalue weighted by Crippen LogP contribution is -2.59. The van der Waals surface area contributed by atoms with E-state index in [1.54, 1.807) is 25.4 Å². The third kappa shape index (κ3) is 4.96. The normalized spacial score (nSPS) is 41.7. The molecule has 41 heavy (non-hydrogen) atoms. The van der Waals surface area contributed by atoms with Gasteiger partial charge in [-0.2, -0.15) is 0 Å². The van der Waals surface area contributed by atoms with Gasteiger partial charge in [-0.1, -0.05) is 25.2 Å².